The summed E-state index contributed by atoms with van der Waals surface area (Å²) in [5.74, 6) is -1.83. The summed E-state index contributed by atoms with van der Waals surface area (Å²) < 4.78 is 0. The number of aryl methyl sites for hydroxylation is 2. The molecule has 0 heterocycles. The Labute approximate surface area is 207 Å². The van der Waals surface area contributed by atoms with E-state index < -0.39 is 24.3 Å². The van der Waals surface area contributed by atoms with Crippen LogP contribution in [0.15, 0.2) is 42.5 Å². The zero-order chi connectivity index (χ0) is 26.0. The minimum absolute atomic E-state index is 0.130. The van der Waals surface area contributed by atoms with Crippen LogP contribution >= 0.6 is 0 Å². The van der Waals surface area contributed by atoms with E-state index in [1.165, 1.54) is 0 Å². The molecule has 0 aliphatic heterocycles. The fourth-order valence-corrected chi connectivity index (χ4v) is 3.83. The number of carboxylic acid groups (broad SMARTS) is 1. The van der Waals surface area contributed by atoms with Gasteiger partial charge in [0.05, 0.1) is 18.4 Å². The lowest BCUT2D eigenvalue weighted by molar-refractivity contribution is -0.138. The summed E-state index contributed by atoms with van der Waals surface area (Å²) in [5.41, 5.74) is 4.78. The number of aliphatic carboxylic acids is 1. The molecule has 2 atom stereocenters. The molecule has 0 saturated carbocycles. The molecule has 2 aromatic rings. The Kier molecular flexibility index (Phi) is 10.6. The third-order valence-corrected chi connectivity index (χ3v) is 6.18. The van der Waals surface area contributed by atoms with Crippen molar-refractivity contribution in [2.24, 2.45) is 0 Å². The molecule has 35 heavy (non-hydrogen) atoms. The van der Waals surface area contributed by atoms with E-state index >= 15 is 0 Å². The van der Waals surface area contributed by atoms with Crippen LogP contribution in [0.5, 0.6) is 0 Å². The Morgan fingerprint density at radius 2 is 1.60 bits per heavy atom. The van der Waals surface area contributed by atoms with Crippen molar-refractivity contribution in [3.05, 3.63) is 70.3 Å². The minimum atomic E-state index is -1.15. The normalized spacial score (nSPS) is 12.6. The minimum Gasteiger partial charge on any atom is -0.481 e. The Morgan fingerprint density at radius 3 is 2.17 bits per heavy atom. The smallest absolute Gasteiger partial charge is 0.305 e. The lowest BCUT2D eigenvalue weighted by Gasteiger charge is -2.20. The van der Waals surface area contributed by atoms with Crippen LogP contribution < -0.4 is 10.6 Å². The average molecular weight is 481 g/mol. The molecule has 188 valence electrons. The van der Waals surface area contributed by atoms with Crippen molar-refractivity contribution in [2.75, 3.05) is 6.54 Å². The monoisotopic (exact) mass is 480 g/mol. The quantitative estimate of drug-likeness (QED) is 0.293. The van der Waals surface area contributed by atoms with Crippen LogP contribution in [-0.4, -0.2) is 41.8 Å². The van der Waals surface area contributed by atoms with Gasteiger partial charge in [0, 0.05) is 12.1 Å². The number of rotatable bonds is 13. The highest BCUT2D eigenvalue weighted by Crippen LogP contribution is 2.25. The highest BCUT2D eigenvalue weighted by atomic mass is 16.4. The van der Waals surface area contributed by atoms with Crippen molar-refractivity contribution in [1.82, 2.24) is 10.6 Å². The molecule has 2 unspecified atom stereocenters. The van der Waals surface area contributed by atoms with Gasteiger partial charge in [-0.15, -0.1) is 0 Å². The van der Waals surface area contributed by atoms with E-state index in [4.69, 9.17) is 5.11 Å². The molecule has 0 radical (unpaired) electrons. The van der Waals surface area contributed by atoms with Crippen molar-refractivity contribution >= 4 is 24.1 Å². The van der Waals surface area contributed by atoms with Crippen LogP contribution in [-0.2, 0) is 14.4 Å². The Balaban J connectivity index is 2.00. The maximum Gasteiger partial charge on any atom is 0.305 e. The van der Waals surface area contributed by atoms with Gasteiger partial charge in [0.2, 0.25) is 5.91 Å². The molecular weight excluding hydrogens is 444 g/mol. The van der Waals surface area contributed by atoms with Gasteiger partial charge in [0.25, 0.3) is 5.91 Å². The molecular formula is C28H36N2O5. The summed E-state index contributed by atoms with van der Waals surface area (Å²) in [6.45, 7) is 8.62. The molecule has 2 amide bonds. The highest BCUT2D eigenvalue weighted by Gasteiger charge is 2.24. The molecule has 2 rings (SSSR count). The molecule has 2 aromatic carbocycles. The van der Waals surface area contributed by atoms with Gasteiger partial charge in [-0.2, -0.15) is 0 Å². The van der Waals surface area contributed by atoms with E-state index in [0.717, 1.165) is 22.3 Å². The molecule has 3 N–H and O–H groups in total. The van der Waals surface area contributed by atoms with E-state index in [1.54, 1.807) is 6.07 Å². The van der Waals surface area contributed by atoms with E-state index in [9.17, 15) is 19.2 Å². The van der Waals surface area contributed by atoms with Crippen molar-refractivity contribution in [3.63, 3.8) is 0 Å². The molecule has 0 bridgehead atoms. The molecule has 7 heteroatoms. The van der Waals surface area contributed by atoms with Crippen molar-refractivity contribution in [2.45, 2.75) is 71.3 Å². The van der Waals surface area contributed by atoms with Gasteiger partial charge in [0.15, 0.2) is 0 Å². The first-order valence-corrected chi connectivity index (χ1v) is 12.0. The van der Waals surface area contributed by atoms with Crippen molar-refractivity contribution < 1.29 is 24.3 Å². The first kappa shape index (κ1) is 27.8. The van der Waals surface area contributed by atoms with Gasteiger partial charge in [-0.25, -0.2) is 0 Å². The number of carbonyl (C=O) groups excluding carboxylic acids is 3. The summed E-state index contributed by atoms with van der Waals surface area (Å²) in [7, 11) is 0. The average Bonchev–Trinajstić information content (AvgIpc) is 2.82. The Bertz CT molecular complexity index is 1030. The molecule has 0 spiro atoms. The number of amides is 2. The molecule has 0 aliphatic rings. The number of hydrogen-bond donors (Lipinski definition) is 3. The molecule has 0 aromatic heterocycles. The topological polar surface area (TPSA) is 113 Å². The number of carbonyl (C=O) groups is 4. The van der Waals surface area contributed by atoms with Gasteiger partial charge in [-0.3, -0.25) is 14.4 Å². The standard InChI is InChI=1S/C28H36N2O5/c1-18(2)21-10-12-22(13-11-21)25(28(35)30-24(17-31)16-26(32)33)7-5-6-14-29-27(34)23-9-8-19(3)20(4)15-23/h8-13,15,17-18,24-25H,5-7,14,16H2,1-4H3,(H,29,34)(H,30,35)(H,32,33). The number of unbranched alkanes of at least 4 members (excludes halogenated alkanes) is 1. The van der Waals surface area contributed by atoms with Gasteiger partial charge >= 0.3 is 5.97 Å². The lowest BCUT2D eigenvalue weighted by Crippen LogP contribution is -2.40. The third-order valence-electron chi connectivity index (χ3n) is 6.18. The fraction of sp³-hybridized carbons (Fsp3) is 0.429. The van der Waals surface area contributed by atoms with Gasteiger partial charge in [-0.1, -0.05) is 50.6 Å². The molecule has 7 nitrogen and oxygen atoms in total. The Hall–Kier alpha value is -3.48. The number of nitrogens with one attached hydrogen (secondary N) is 2. The van der Waals surface area contributed by atoms with Crippen LogP contribution in [0.4, 0.5) is 0 Å². The van der Waals surface area contributed by atoms with Gasteiger partial charge in [0.1, 0.15) is 6.29 Å². The number of benzene rings is 2. The second kappa shape index (κ2) is 13.4. The Morgan fingerprint density at radius 1 is 0.943 bits per heavy atom. The summed E-state index contributed by atoms with van der Waals surface area (Å²) in [6, 6.07) is 12.3. The lowest BCUT2D eigenvalue weighted by atomic mass is 9.90. The van der Waals surface area contributed by atoms with E-state index in [2.05, 4.69) is 24.5 Å². The van der Waals surface area contributed by atoms with Crippen molar-refractivity contribution in [3.8, 4) is 0 Å². The van der Waals surface area contributed by atoms with Crippen LogP contribution in [0.2, 0.25) is 0 Å². The summed E-state index contributed by atoms with van der Waals surface area (Å²) in [6.07, 6.45) is 1.84. The highest BCUT2D eigenvalue weighted by molar-refractivity contribution is 5.94. The zero-order valence-corrected chi connectivity index (χ0v) is 21.0. The second-order valence-corrected chi connectivity index (χ2v) is 9.27. The van der Waals surface area contributed by atoms with Gasteiger partial charge < -0.3 is 20.5 Å². The van der Waals surface area contributed by atoms with E-state index in [0.29, 0.717) is 43.6 Å². The summed E-state index contributed by atoms with van der Waals surface area (Å²) in [5, 5.41) is 14.5. The number of hydrogen-bond acceptors (Lipinski definition) is 4. The maximum absolute atomic E-state index is 13.0. The van der Waals surface area contributed by atoms with Gasteiger partial charge in [-0.05, 0) is 67.0 Å². The first-order valence-electron chi connectivity index (χ1n) is 12.0. The molecule has 0 fully saturated rings. The van der Waals surface area contributed by atoms with Crippen molar-refractivity contribution in [1.29, 1.82) is 0 Å². The zero-order valence-electron chi connectivity index (χ0n) is 21.0. The van der Waals surface area contributed by atoms with Crippen LogP contribution in [0.25, 0.3) is 0 Å². The number of carboxylic acids is 1. The van der Waals surface area contributed by atoms with Crippen LogP contribution in [0, 0.1) is 13.8 Å². The third kappa shape index (κ3) is 8.67. The van der Waals surface area contributed by atoms with Crippen LogP contribution in [0.1, 0.15) is 84.0 Å². The SMILES string of the molecule is Cc1ccc(C(=O)NCCCCC(C(=O)NC(C=O)CC(=O)O)c2ccc(C(C)C)cc2)cc1C. The predicted molar refractivity (Wildman–Crippen MR) is 136 cm³/mol. The molecule has 0 aliphatic carbocycles. The van der Waals surface area contributed by atoms with Crippen LogP contribution in [0.3, 0.4) is 0 Å². The summed E-state index contributed by atoms with van der Waals surface area (Å²) >= 11 is 0. The second-order valence-electron chi connectivity index (χ2n) is 9.27. The first-order chi connectivity index (χ1) is 16.6. The molecule has 0 saturated heterocycles. The fourth-order valence-electron chi connectivity index (χ4n) is 3.83. The largest absolute Gasteiger partial charge is 0.481 e. The van der Waals surface area contributed by atoms with E-state index in [-0.39, 0.29) is 11.8 Å². The number of aldehydes is 1. The summed E-state index contributed by atoms with van der Waals surface area (Å²) in [4.78, 5) is 47.6. The maximum atomic E-state index is 13.0. The predicted octanol–water partition coefficient (Wildman–Crippen LogP) is 4.27. The van der Waals surface area contributed by atoms with E-state index in [1.807, 2.05) is 50.2 Å².